The number of hydrogen-bond donors (Lipinski definition) is 2. The van der Waals surface area contributed by atoms with Crippen LogP contribution in [-0.4, -0.2) is 43.0 Å². The van der Waals surface area contributed by atoms with Gasteiger partial charge in [-0.3, -0.25) is 4.79 Å². The number of aromatic nitrogens is 2. The number of nitrogens with zero attached hydrogens (tertiary/aromatic N) is 2. The topological polar surface area (TPSA) is 77.4 Å². The summed E-state index contributed by atoms with van der Waals surface area (Å²) in [5.41, 5.74) is 3.91. The molecule has 2 N–H and O–H groups in total. The first-order valence-corrected chi connectivity index (χ1v) is 11.0. The second kappa shape index (κ2) is 10.9. The molecular formula is C24H28Cl2N4O3. The van der Waals surface area contributed by atoms with Crippen LogP contribution >= 0.6 is 24.0 Å². The van der Waals surface area contributed by atoms with Gasteiger partial charge >= 0.3 is 0 Å². The number of carbonyl (C=O) groups excluding carboxylic acids is 1. The van der Waals surface area contributed by atoms with Gasteiger partial charge in [-0.15, -0.1) is 12.4 Å². The van der Waals surface area contributed by atoms with Crippen molar-refractivity contribution >= 4 is 35.6 Å². The van der Waals surface area contributed by atoms with Crippen LogP contribution in [-0.2, 0) is 0 Å². The van der Waals surface area contributed by atoms with Gasteiger partial charge in [-0.25, -0.2) is 4.68 Å². The Balaban J connectivity index is 0.00000306. The normalized spacial score (nSPS) is 13.8. The number of rotatable bonds is 6. The fraction of sp³-hybridized carbons (Fsp3) is 0.333. The first kappa shape index (κ1) is 24.9. The van der Waals surface area contributed by atoms with Crippen molar-refractivity contribution in [2.45, 2.75) is 25.7 Å². The number of piperidine rings is 1. The van der Waals surface area contributed by atoms with Gasteiger partial charge in [-0.05, 0) is 62.7 Å². The quantitative estimate of drug-likeness (QED) is 0.508. The maximum Gasteiger partial charge on any atom is 0.259 e. The molecule has 9 heteroatoms. The summed E-state index contributed by atoms with van der Waals surface area (Å²) < 4.78 is 12.5. The van der Waals surface area contributed by atoms with Crippen LogP contribution in [0, 0.1) is 6.92 Å². The molecule has 0 unspecified atom stereocenters. The molecule has 4 rings (SSSR count). The molecule has 33 heavy (non-hydrogen) atoms. The Kier molecular flexibility index (Phi) is 8.24. The van der Waals surface area contributed by atoms with Crippen molar-refractivity contribution in [3.05, 3.63) is 64.4 Å². The van der Waals surface area contributed by atoms with Crippen LogP contribution in [0.15, 0.2) is 42.6 Å². The van der Waals surface area contributed by atoms with Crippen molar-refractivity contribution in [2.75, 3.05) is 32.6 Å². The number of carbonyl (C=O) groups is 1. The number of benzene rings is 2. The van der Waals surface area contributed by atoms with Crippen molar-refractivity contribution in [2.24, 2.45) is 0 Å². The van der Waals surface area contributed by atoms with Gasteiger partial charge < -0.3 is 20.1 Å². The molecule has 0 spiro atoms. The van der Waals surface area contributed by atoms with Gasteiger partial charge in [0.05, 0.1) is 37.4 Å². The van der Waals surface area contributed by atoms with E-state index in [2.05, 4.69) is 15.7 Å². The minimum atomic E-state index is -0.211. The van der Waals surface area contributed by atoms with Gasteiger partial charge in [-0.2, -0.15) is 5.10 Å². The van der Waals surface area contributed by atoms with E-state index >= 15 is 0 Å². The number of amides is 1. The van der Waals surface area contributed by atoms with E-state index in [1.807, 2.05) is 29.8 Å². The smallest absolute Gasteiger partial charge is 0.259 e. The predicted molar refractivity (Wildman–Crippen MR) is 133 cm³/mol. The van der Waals surface area contributed by atoms with E-state index in [9.17, 15) is 4.79 Å². The van der Waals surface area contributed by atoms with Crippen LogP contribution in [0.25, 0.3) is 5.69 Å². The highest BCUT2D eigenvalue weighted by atomic mass is 35.5. The van der Waals surface area contributed by atoms with Crippen LogP contribution in [0.1, 0.15) is 40.4 Å². The molecule has 176 valence electrons. The third-order valence-electron chi connectivity index (χ3n) is 5.89. The van der Waals surface area contributed by atoms with Gasteiger partial charge in [-0.1, -0.05) is 17.7 Å². The molecule has 7 nitrogen and oxygen atoms in total. The molecule has 0 aliphatic carbocycles. The Morgan fingerprint density at radius 3 is 2.58 bits per heavy atom. The molecule has 0 bridgehead atoms. The number of methoxy groups -OCH3 is 2. The summed E-state index contributed by atoms with van der Waals surface area (Å²) in [6.45, 7) is 3.77. The Morgan fingerprint density at radius 2 is 1.88 bits per heavy atom. The zero-order chi connectivity index (χ0) is 22.7. The summed E-state index contributed by atoms with van der Waals surface area (Å²) in [5, 5.41) is 11.7. The third-order valence-corrected chi connectivity index (χ3v) is 6.30. The number of halogens is 2. The average molecular weight is 491 g/mol. The van der Waals surface area contributed by atoms with E-state index in [0.29, 0.717) is 27.8 Å². The third kappa shape index (κ3) is 5.11. The van der Waals surface area contributed by atoms with Crippen LogP contribution in [0.3, 0.4) is 0 Å². The summed E-state index contributed by atoms with van der Waals surface area (Å²) >= 11 is 6.38. The fourth-order valence-corrected chi connectivity index (χ4v) is 4.32. The average Bonchev–Trinajstić information content (AvgIpc) is 3.26. The van der Waals surface area contributed by atoms with E-state index in [0.717, 1.165) is 42.9 Å². The predicted octanol–water partition coefficient (Wildman–Crippen LogP) is 4.99. The monoisotopic (exact) mass is 490 g/mol. The lowest BCUT2D eigenvalue weighted by molar-refractivity contribution is 0.102. The first-order chi connectivity index (χ1) is 15.5. The van der Waals surface area contributed by atoms with Gasteiger partial charge in [0.1, 0.15) is 0 Å². The number of ether oxygens (including phenoxy) is 2. The molecular weight excluding hydrogens is 463 g/mol. The van der Waals surface area contributed by atoms with E-state index in [1.165, 1.54) is 0 Å². The molecule has 1 saturated heterocycles. The molecule has 0 atom stereocenters. The van der Waals surface area contributed by atoms with E-state index < -0.39 is 0 Å². The number of hydrogen-bond acceptors (Lipinski definition) is 5. The van der Waals surface area contributed by atoms with Crippen molar-refractivity contribution in [3.8, 4) is 17.2 Å². The molecule has 1 aliphatic rings. The highest BCUT2D eigenvalue weighted by Crippen LogP contribution is 2.34. The Morgan fingerprint density at radius 1 is 1.15 bits per heavy atom. The number of anilines is 1. The molecule has 1 fully saturated rings. The summed E-state index contributed by atoms with van der Waals surface area (Å²) in [6.07, 6.45) is 3.51. The Bertz CT molecular complexity index is 1130. The lowest BCUT2D eigenvalue weighted by Gasteiger charge is -2.25. The summed E-state index contributed by atoms with van der Waals surface area (Å²) in [4.78, 5) is 13.3. The molecule has 2 aromatic carbocycles. The van der Waals surface area contributed by atoms with Crippen LogP contribution in [0.2, 0.25) is 5.02 Å². The molecule has 0 radical (unpaired) electrons. The van der Waals surface area contributed by atoms with E-state index in [-0.39, 0.29) is 24.2 Å². The van der Waals surface area contributed by atoms with Crippen molar-refractivity contribution in [1.29, 1.82) is 0 Å². The fourth-order valence-electron chi connectivity index (χ4n) is 4.15. The molecule has 3 aromatic rings. The van der Waals surface area contributed by atoms with E-state index in [4.69, 9.17) is 21.1 Å². The highest BCUT2D eigenvalue weighted by Gasteiger charge is 2.28. The lowest BCUT2D eigenvalue weighted by atomic mass is 9.91. The Hall–Kier alpha value is -2.74. The maximum atomic E-state index is 13.3. The molecule has 1 amide bonds. The second-order valence-electron chi connectivity index (χ2n) is 7.79. The van der Waals surface area contributed by atoms with Crippen molar-refractivity contribution in [1.82, 2.24) is 15.1 Å². The van der Waals surface area contributed by atoms with Crippen LogP contribution in [0.5, 0.6) is 11.5 Å². The van der Waals surface area contributed by atoms with Crippen LogP contribution in [0.4, 0.5) is 5.69 Å². The molecule has 2 heterocycles. The molecule has 1 aliphatic heterocycles. The molecule has 1 aromatic heterocycles. The summed E-state index contributed by atoms with van der Waals surface area (Å²) in [6, 6.07) is 11.0. The van der Waals surface area contributed by atoms with Gasteiger partial charge in [0.2, 0.25) is 0 Å². The van der Waals surface area contributed by atoms with Gasteiger partial charge in [0, 0.05) is 22.7 Å². The Labute approximate surface area is 204 Å². The standard InChI is InChI=1S/C24H27ClN4O3.ClH/c1-15-19(25)5-4-6-20(15)29-23(16-9-11-26-12-10-16)18(14-27-29)24(30)28-17-7-8-21(31-2)22(13-17)32-3;/h4-8,13-14,16,26H,9-12H2,1-3H3,(H,28,30);1H. The maximum absolute atomic E-state index is 13.3. The van der Waals surface area contributed by atoms with Crippen molar-refractivity contribution < 1.29 is 14.3 Å². The molecule has 0 saturated carbocycles. The first-order valence-electron chi connectivity index (χ1n) is 10.6. The van der Waals surface area contributed by atoms with Crippen molar-refractivity contribution in [3.63, 3.8) is 0 Å². The number of nitrogens with one attached hydrogen (secondary N) is 2. The van der Waals surface area contributed by atoms with Gasteiger partial charge in [0.15, 0.2) is 11.5 Å². The zero-order valence-electron chi connectivity index (χ0n) is 18.9. The SMILES string of the molecule is COc1ccc(NC(=O)c2cnn(-c3cccc(Cl)c3C)c2C2CCNCC2)cc1OC.Cl. The summed E-state index contributed by atoms with van der Waals surface area (Å²) in [5.74, 6) is 1.15. The largest absolute Gasteiger partial charge is 0.493 e. The highest BCUT2D eigenvalue weighted by molar-refractivity contribution is 6.31. The minimum absolute atomic E-state index is 0. The lowest BCUT2D eigenvalue weighted by Crippen LogP contribution is -2.29. The summed E-state index contributed by atoms with van der Waals surface area (Å²) in [7, 11) is 3.14. The van der Waals surface area contributed by atoms with Gasteiger partial charge in [0.25, 0.3) is 5.91 Å². The second-order valence-corrected chi connectivity index (χ2v) is 8.19. The zero-order valence-corrected chi connectivity index (χ0v) is 20.4. The minimum Gasteiger partial charge on any atom is -0.493 e. The van der Waals surface area contributed by atoms with Crippen LogP contribution < -0.4 is 20.1 Å². The van der Waals surface area contributed by atoms with E-state index in [1.54, 1.807) is 38.6 Å².